The fourth-order valence-corrected chi connectivity index (χ4v) is 3.98. The Morgan fingerprint density at radius 1 is 1.47 bits per heavy atom. The van der Waals surface area contributed by atoms with Crippen molar-refractivity contribution >= 4 is 18.1 Å². The molecule has 0 saturated carbocycles. The number of nitrogens with one attached hydrogen (secondary N) is 1. The SMILES string of the molecule is Cc1c2c(nn1CC(CN(C)C=O)c1ncno1)CCN(C(=O)Nc1ccc(F)c(C#N)c1)C2. The van der Waals surface area contributed by atoms with Gasteiger partial charge in [-0.25, -0.2) is 9.18 Å². The van der Waals surface area contributed by atoms with Gasteiger partial charge in [0, 0.05) is 43.5 Å². The summed E-state index contributed by atoms with van der Waals surface area (Å²) in [5.74, 6) is -0.465. The third kappa shape index (κ3) is 4.73. The summed E-state index contributed by atoms with van der Waals surface area (Å²) in [5.41, 5.74) is 2.98. The van der Waals surface area contributed by atoms with Crippen LogP contribution >= 0.6 is 0 Å². The first-order valence-corrected chi connectivity index (χ1v) is 10.6. The maximum Gasteiger partial charge on any atom is 0.322 e. The lowest BCUT2D eigenvalue weighted by Crippen LogP contribution is -2.38. The Hall–Kier alpha value is -4.27. The lowest BCUT2D eigenvalue weighted by atomic mass is 10.1. The maximum atomic E-state index is 13.6. The number of benzene rings is 1. The van der Waals surface area contributed by atoms with E-state index in [9.17, 15) is 14.0 Å². The van der Waals surface area contributed by atoms with E-state index in [0.29, 0.717) is 44.2 Å². The minimum Gasteiger partial charge on any atom is -0.347 e. The van der Waals surface area contributed by atoms with E-state index in [1.54, 1.807) is 18.0 Å². The first-order valence-electron chi connectivity index (χ1n) is 10.6. The van der Waals surface area contributed by atoms with Gasteiger partial charge < -0.3 is 19.6 Å². The monoisotopic (exact) mass is 466 g/mol. The molecule has 11 nitrogen and oxygen atoms in total. The summed E-state index contributed by atoms with van der Waals surface area (Å²) < 4.78 is 20.6. The molecular formula is C22H23FN8O3. The number of nitriles is 1. The predicted molar refractivity (Wildman–Crippen MR) is 117 cm³/mol. The van der Waals surface area contributed by atoms with Crippen molar-refractivity contribution in [1.29, 1.82) is 5.26 Å². The van der Waals surface area contributed by atoms with E-state index in [4.69, 9.17) is 14.9 Å². The van der Waals surface area contributed by atoms with Gasteiger partial charge in [0.05, 0.1) is 30.3 Å². The third-order valence-electron chi connectivity index (χ3n) is 5.82. The highest BCUT2D eigenvalue weighted by Gasteiger charge is 2.28. The Morgan fingerprint density at radius 2 is 2.29 bits per heavy atom. The maximum absolute atomic E-state index is 13.6. The van der Waals surface area contributed by atoms with E-state index in [0.717, 1.165) is 29.4 Å². The van der Waals surface area contributed by atoms with Crippen molar-refractivity contribution < 1.29 is 18.5 Å². The molecule has 0 fully saturated rings. The van der Waals surface area contributed by atoms with Crippen molar-refractivity contribution in [2.24, 2.45) is 0 Å². The first-order chi connectivity index (χ1) is 16.4. The van der Waals surface area contributed by atoms with E-state index in [1.807, 2.05) is 11.6 Å². The number of likely N-dealkylation sites (N-methyl/N-ethyl adjacent to an activating group) is 1. The summed E-state index contributed by atoms with van der Waals surface area (Å²) in [6.07, 6.45) is 2.63. The second-order valence-electron chi connectivity index (χ2n) is 8.12. The zero-order valence-electron chi connectivity index (χ0n) is 18.7. The van der Waals surface area contributed by atoms with Crippen LogP contribution in [-0.2, 0) is 24.3 Å². The van der Waals surface area contributed by atoms with Crippen LogP contribution in [0.25, 0.3) is 0 Å². The van der Waals surface area contributed by atoms with Gasteiger partial charge in [0.2, 0.25) is 12.3 Å². The second-order valence-corrected chi connectivity index (χ2v) is 8.12. The minimum absolute atomic E-state index is 0.133. The quantitative estimate of drug-likeness (QED) is 0.527. The van der Waals surface area contributed by atoms with Gasteiger partial charge in [-0.2, -0.15) is 15.3 Å². The Labute approximate surface area is 194 Å². The standard InChI is InChI=1S/C22H23FN8O3/c1-14-18-11-30(22(33)27-17-3-4-19(23)15(7-17)8-24)6-5-20(18)28-31(14)10-16(9-29(2)13-32)21-25-12-26-34-21/h3-4,7,12-13,16H,5-6,9-11H2,1-2H3,(H,27,33). The number of anilines is 1. The second kappa shape index (κ2) is 9.70. The van der Waals surface area contributed by atoms with Crippen LogP contribution in [0.1, 0.15) is 34.3 Å². The third-order valence-corrected chi connectivity index (χ3v) is 5.82. The molecule has 1 N–H and O–H groups in total. The molecule has 0 saturated heterocycles. The smallest absolute Gasteiger partial charge is 0.322 e. The number of rotatable bonds is 7. The number of carbonyl (C=O) groups excluding carboxylic acids is 2. The van der Waals surface area contributed by atoms with Crippen molar-refractivity contribution in [3.05, 3.63) is 58.7 Å². The van der Waals surface area contributed by atoms with E-state index in [1.165, 1.54) is 23.4 Å². The van der Waals surface area contributed by atoms with Crippen LogP contribution < -0.4 is 5.32 Å². The molecule has 0 aliphatic carbocycles. The topological polar surface area (TPSA) is 133 Å². The normalized spacial score (nSPS) is 13.6. The van der Waals surface area contributed by atoms with Gasteiger partial charge in [-0.1, -0.05) is 5.16 Å². The largest absolute Gasteiger partial charge is 0.347 e. The molecule has 3 amide bonds. The molecule has 1 aromatic carbocycles. The molecule has 0 bridgehead atoms. The summed E-state index contributed by atoms with van der Waals surface area (Å²) in [5, 5.41) is 20.1. The van der Waals surface area contributed by atoms with Gasteiger partial charge in [-0.05, 0) is 25.1 Å². The van der Waals surface area contributed by atoms with Crippen molar-refractivity contribution in [3.8, 4) is 6.07 Å². The van der Waals surface area contributed by atoms with Crippen LogP contribution in [-0.4, -0.2) is 62.3 Å². The summed E-state index contributed by atoms with van der Waals surface area (Å²) in [6, 6.07) is 5.30. The zero-order chi connectivity index (χ0) is 24.2. The molecule has 1 atom stereocenters. The number of halogens is 1. The predicted octanol–water partition coefficient (Wildman–Crippen LogP) is 2.05. The van der Waals surface area contributed by atoms with Gasteiger partial charge in [0.15, 0.2) is 6.33 Å². The fourth-order valence-electron chi connectivity index (χ4n) is 3.98. The lowest BCUT2D eigenvalue weighted by molar-refractivity contribution is -0.117. The van der Waals surface area contributed by atoms with Gasteiger partial charge in [-0.3, -0.25) is 9.48 Å². The average Bonchev–Trinajstić information content (AvgIpc) is 3.48. The van der Waals surface area contributed by atoms with Crippen molar-refractivity contribution in [2.45, 2.75) is 32.4 Å². The van der Waals surface area contributed by atoms with E-state index in [-0.39, 0.29) is 17.5 Å². The molecule has 4 rings (SSSR count). The number of hydrogen-bond acceptors (Lipinski definition) is 7. The number of amides is 3. The summed E-state index contributed by atoms with van der Waals surface area (Å²) in [4.78, 5) is 31.2. The zero-order valence-corrected chi connectivity index (χ0v) is 18.7. The molecule has 0 spiro atoms. The van der Waals surface area contributed by atoms with Gasteiger partial charge in [-0.15, -0.1) is 0 Å². The Balaban J connectivity index is 1.48. The number of carbonyl (C=O) groups is 2. The number of fused-ring (bicyclic) bond motifs is 1. The number of nitrogens with zero attached hydrogens (tertiary/aromatic N) is 7. The molecule has 1 aliphatic heterocycles. The van der Waals surface area contributed by atoms with Crippen molar-refractivity contribution in [1.82, 2.24) is 29.7 Å². The van der Waals surface area contributed by atoms with Crippen LogP contribution in [0, 0.1) is 24.1 Å². The number of urea groups is 1. The molecule has 1 unspecified atom stereocenters. The minimum atomic E-state index is -0.635. The Morgan fingerprint density at radius 3 is 3.00 bits per heavy atom. The van der Waals surface area contributed by atoms with Gasteiger partial charge in [0.25, 0.3) is 0 Å². The lowest BCUT2D eigenvalue weighted by Gasteiger charge is -2.27. The highest BCUT2D eigenvalue weighted by molar-refractivity contribution is 5.89. The van der Waals surface area contributed by atoms with E-state index < -0.39 is 5.82 Å². The molecular weight excluding hydrogens is 443 g/mol. The molecule has 12 heteroatoms. The van der Waals surface area contributed by atoms with Crippen molar-refractivity contribution in [3.63, 3.8) is 0 Å². The molecule has 34 heavy (non-hydrogen) atoms. The summed E-state index contributed by atoms with van der Waals surface area (Å²) >= 11 is 0. The molecule has 3 heterocycles. The van der Waals surface area contributed by atoms with Crippen LogP contribution in [0.3, 0.4) is 0 Å². The average molecular weight is 466 g/mol. The molecule has 176 valence electrons. The molecule has 0 radical (unpaired) electrons. The number of aromatic nitrogens is 4. The first kappa shape index (κ1) is 22.9. The highest BCUT2D eigenvalue weighted by Crippen LogP contribution is 2.25. The van der Waals surface area contributed by atoms with Crippen molar-refractivity contribution in [2.75, 3.05) is 25.5 Å². The molecule has 2 aromatic heterocycles. The summed E-state index contributed by atoms with van der Waals surface area (Å²) in [6.45, 7) is 3.56. The molecule has 3 aromatic rings. The Kier molecular flexibility index (Phi) is 6.53. The Bertz CT molecular complexity index is 1230. The van der Waals surface area contributed by atoms with Crippen LogP contribution in [0.4, 0.5) is 14.9 Å². The van der Waals surface area contributed by atoms with Crippen LogP contribution in [0.2, 0.25) is 0 Å². The number of hydrogen-bond donors (Lipinski definition) is 1. The van der Waals surface area contributed by atoms with Crippen LogP contribution in [0.15, 0.2) is 29.0 Å². The van der Waals surface area contributed by atoms with E-state index in [2.05, 4.69) is 15.5 Å². The summed E-state index contributed by atoms with van der Waals surface area (Å²) in [7, 11) is 1.68. The van der Waals surface area contributed by atoms with Crippen LogP contribution in [0.5, 0.6) is 0 Å². The molecule has 1 aliphatic rings. The van der Waals surface area contributed by atoms with Gasteiger partial charge in [0.1, 0.15) is 11.9 Å². The van der Waals surface area contributed by atoms with Gasteiger partial charge >= 0.3 is 6.03 Å². The fraction of sp³-hybridized carbons (Fsp3) is 0.364. The highest BCUT2D eigenvalue weighted by atomic mass is 19.1. The van der Waals surface area contributed by atoms with E-state index >= 15 is 0 Å².